The van der Waals surface area contributed by atoms with Crippen molar-refractivity contribution in [3.63, 3.8) is 0 Å². The van der Waals surface area contributed by atoms with E-state index in [0.29, 0.717) is 5.02 Å². The van der Waals surface area contributed by atoms with Gasteiger partial charge in [-0.1, -0.05) is 33.6 Å². The molecular weight excluding hydrogens is 316 g/mol. The first kappa shape index (κ1) is 13.9. The molecule has 1 aliphatic rings. The van der Waals surface area contributed by atoms with Gasteiger partial charge in [0.05, 0.1) is 11.1 Å². The highest BCUT2D eigenvalue weighted by molar-refractivity contribution is 9.10. The summed E-state index contributed by atoms with van der Waals surface area (Å²) < 4.78 is 0.854. The topological polar surface area (TPSA) is 35.5 Å². The van der Waals surface area contributed by atoms with Crippen molar-refractivity contribution in [2.45, 2.75) is 6.04 Å². The number of hydrogen-bond donors (Lipinski definition) is 2. The molecule has 18 heavy (non-hydrogen) atoms. The molecule has 0 aromatic heterocycles. The van der Waals surface area contributed by atoms with E-state index in [9.17, 15) is 5.11 Å². The molecule has 1 atom stereocenters. The quantitative estimate of drug-likeness (QED) is 0.836. The Balaban J connectivity index is 2.37. The molecule has 2 N–H and O–H groups in total. The van der Waals surface area contributed by atoms with Crippen LogP contribution in [0.1, 0.15) is 11.6 Å². The molecule has 2 rings (SSSR count). The van der Waals surface area contributed by atoms with E-state index in [1.54, 1.807) is 6.07 Å². The second kappa shape index (κ2) is 6.06. The van der Waals surface area contributed by atoms with Gasteiger partial charge in [-0.3, -0.25) is 4.90 Å². The highest BCUT2D eigenvalue weighted by Crippen LogP contribution is 2.39. The lowest BCUT2D eigenvalue weighted by Gasteiger charge is -2.34. The normalized spacial score (nSPS) is 18.6. The van der Waals surface area contributed by atoms with Gasteiger partial charge >= 0.3 is 0 Å². The van der Waals surface area contributed by atoms with E-state index in [0.717, 1.165) is 36.2 Å². The van der Waals surface area contributed by atoms with Crippen LogP contribution in [0.2, 0.25) is 5.02 Å². The smallest absolute Gasteiger partial charge is 0.140 e. The van der Waals surface area contributed by atoms with Crippen molar-refractivity contribution in [3.05, 3.63) is 39.8 Å². The average molecular weight is 332 g/mol. The number of rotatable bonds is 3. The third-order valence-electron chi connectivity index (χ3n) is 3.18. The zero-order valence-electron chi connectivity index (χ0n) is 10.00. The summed E-state index contributed by atoms with van der Waals surface area (Å²) in [5, 5.41) is 13.8. The Kier molecular flexibility index (Phi) is 4.67. The van der Waals surface area contributed by atoms with Crippen LogP contribution in [0, 0.1) is 0 Å². The van der Waals surface area contributed by atoms with Gasteiger partial charge in [0.25, 0.3) is 0 Å². The minimum absolute atomic E-state index is 0.0276. The van der Waals surface area contributed by atoms with Crippen LogP contribution >= 0.6 is 27.5 Å². The predicted octanol–water partition coefficient (Wildman–Crippen LogP) is 2.94. The largest absolute Gasteiger partial charge is 0.506 e. The summed E-state index contributed by atoms with van der Waals surface area (Å²) in [6.45, 7) is 7.63. The van der Waals surface area contributed by atoms with Gasteiger partial charge in [0, 0.05) is 36.2 Å². The van der Waals surface area contributed by atoms with Crippen LogP contribution in [-0.4, -0.2) is 36.2 Å². The number of phenolic OH excluding ortho intramolecular Hbond substituents is 1. The van der Waals surface area contributed by atoms with Crippen LogP contribution in [0.25, 0.3) is 0 Å². The molecule has 3 nitrogen and oxygen atoms in total. The van der Waals surface area contributed by atoms with Gasteiger partial charge in [-0.25, -0.2) is 0 Å². The fraction of sp³-hybridized carbons (Fsp3) is 0.385. The number of benzene rings is 1. The monoisotopic (exact) mass is 330 g/mol. The molecule has 0 spiro atoms. The van der Waals surface area contributed by atoms with Crippen LogP contribution in [0.5, 0.6) is 5.75 Å². The molecule has 98 valence electrons. The zero-order chi connectivity index (χ0) is 13.1. The Hall–Kier alpha value is -0.550. The van der Waals surface area contributed by atoms with Gasteiger partial charge in [0.2, 0.25) is 0 Å². The molecule has 0 unspecified atom stereocenters. The Morgan fingerprint density at radius 1 is 1.44 bits per heavy atom. The minimum atomic E-state index is -0.0276. The zero-order valence-corrected chi connectivity index (χ0v) is 12.3. The Morgan fingerprint density at radius 3 is 2.72 bits per heavy atom. The van der Waals surface area contributed by atoms with Gasteiger partial charge in [0.15, 0.2) is 0 Å². The number of hydrogen-bond acceptors (Lipinski definition) is 3. The van der Waals surface area contributed by atoms with Crippen LogP contribution in [-0.2, 0) is 0 Å². The van der Waals surface area contributed by atoms with Crippen molar-refractivity contribution in [3.8, 4) is 5.75 Å². The van der Waals surface area contributed by atoms with Crippen LogP contribution in [0.3, 0.4) is 0 Å². The first-order valence-electron chi connectivity index (χ1n) is 5.89. The summed E-state index contributed by atoms with van der Waals surface area (Å²) in [7, 11) is 0. The molecule has 0 saturated carbocycles. The third-order valence-corrected chi connectivity index (χ3v) is 4.18. The van der Waals surface area contributed by atoms with Gasteiger partial charge in [-0.2, -0.15) is 0 Å². The maximum Gasteiger partial charge on any atom is 0.140 e. The number of nitrogens with one attached hydrogen (secondary N) is 1. The lowest BCUT2D eigenvalue weighted by Crippen LogP contribution is -2.44. The van der Waals surface area contributed by atoms with Gasteiger partial charge in [0.1, 0.15) is 5.75 Å². The van der Waals surface area contributed by atoms with Crippen molar-refractivity contribution in [2.24, 2.45) is 0 Å². The van der Waals surface area contributed by atoms with E-state index < -0.39 is 0 Å². The van der Waals surface area contributed by atoms with E-state index in [2.05, 4.69) is 32.7 Å². The molecular formula is C13H16BrClN2O. The fourth-order valence-electron chi connectivity index (χ4n) is 2.25. The van der Waals surface area contributed by atoms with Gasteiger partial charge in [-0.15, -0.1) is 6.58 Å². The second-order valence-corrected chi connectivity index (χ2v) is 5.52. The van der Waals surface area contributed by atoms with Crippen molar-refractivity contribution in [1.29, 1.82) is 0 Å². The molecule has 0 bridgehead atoms. The third kappa shape index (κ3) is 2.72. The maximum atomic E-state index is 10.2. The first-order valence-corrected chi connectivity index (χ1v) is 7.06. The highest BCUT2D eigenvalue weighted by Gasteiger charge is 2.24. The number of nitrogens with zero attached hydrogens (tertiary/aromatic N) is 1. The summed E-state index contributed by atoms with van der Waals surface area (Å²) in [5.41, 5.74) is 0.791. The van der Waals surface area contributed by atoms with Gasteiger partial charge < -0.3 is 10.4 Å². The molecule has 1 fully saturated rings. The first-order chi connectivity index (χ1) is 8.65. The Morgan fingerprint density at radius 2 is 2.11 bits per heavy atom. The fourth-order valence-corrected chi connectivity index (χ4v) is 2.97. The molecule has 1 aromatic rings. The number of halogens is 2. The van der Waals surface area contributed by atoms with Crippen LogP contribution in [0.15, 0.2) is 29.3 Å². The molecule has 1 heterocycles. The predicted molar refractivity (Wildman–Crippen MR) is 78.2 cm³/mol. The molecule has 1 aromatic carbocycles. The molecule has 1 saturated heterocycles. The van der Waals surface area contributed by atoms with E-state index >= 15 is 0 Å². The van der Waals surface area contributed by atoms with E-state index in [1.807, 2.05) is 12.1 Å². The molecule has 0 amide bonds. The van der Waals surface area contributed by atoms with Crippen molar-refractivity contribution in [1.82, 2.24) is 10.2 Å². The van der Waals surface area contributed by atoms with Crippen LogP contribution in [0.4, 0.5) is 0 Å². The number of aromatic hydroxyl groups is 1. The summed E-state index contributed by atoms with van der Waals surface area (Å²) in [5.74, 6) is 0.134. The summed E-state index contributed by atoms with van der Waals surface area (Å²) in [6.07, 6.45) is 1.85. The Labute approximate surface area is 121 Å². The maximum absolute atomic E-state index is 10.2. The SMILES string of the molecule is C=C[C@H](c1c(Br)ccc(Cl)c1O)N1CCNCC1. The number of phenols is 1. The van der Waals surface area contributed by atoms with Crippen molar-refractivity contribution in [2.75, 3.05) is 26.2 Å². The summed E-state index contributed by atoms with van der Waals surface area (Å²) in [6, 6.07) is 3.51. The van der Waals surface area contributed by atoms with Crippen LogP contribution < -0.4 is 5.32 Å². The van der Waals surface area contributed by atoms with E-state index in [1.165, 1.54) is 0 Å². The van der Waals surface area contributed by atoms with E-state index in [-0.39, 0.29) is 11.8 Å². The standard InChI is InChI=1S/C13H16BrClN2O/c1-2-11(17-7-5-16-6-8-17)12-9(14)3-4-10(15)13(12)18/h2-4,11,16,18H,1,5-8H2/t11-/m1/s1. The molecule has 1 aliphatic heterocycles. The minimum Gasteiger partial charge on any atom is -0.506 e. The summed E-state index contributed by atoms with van der Waals surface area (Å²) in [4.78, 5) is 2.28. The van der Waals surface area contributed by atoms with Gasteiger partial charge in [-0.05, 0) is 12.1 Å². The average Bonchev–Trinajstić information content (AvgIpc) is 2.40. The lowest BCUT2D eigenvalue weighted by molar-refractivity contribution is 0.200. The summed E-state index contributed by atoms with van der Waals surface area (Å²) >= 11 is 9.47. The second-order valence-electron chi connectivity index (χ2n) is 4.26. The molecule has 0 radical (unpaired) electrons. The van der Waals surface area contributed by atoms with E-state index in [4.69, 9.17) is 11.6 Å². The Bertz CT molecular complexity index is 447. The highest BCUT2D eigenvalue weighted by atomic mass is 79.9. The number of piperazine rings is 1. The lowest BCUT2D eigenvalue weighted by atomic mass is 10.0. The van der Waals surface area contributed by atoms with Crippen molar-refractivity contribution >= 4 is 27.5 Å². The van der Waals surface area contributed by atoms with Crippen molar-refractivity contribution < 1.29 is 5.11 Å². The molecule has 0 aliphatic carbocycles. The molecule has 5 heteroatoms.